The Bertz CT molecular complexity index is 680. The zero-order valence-corrected chi connectivity index (χ0v) is 12.4. The fraction of sp³-hybridized carbons (Fsp3) is 0.312. The van der Waals surface area contributed by atoms with Gasteiger partial charge < -0.3 is 10.2 Å². The number of benzene rings is 1. The van der Waals surface area contributed by atoms with Gasteiger partial charge in [0.2, 0.25) is 5.91 Å². The molecule has 1 aliphatic rings. The molecule has 3 rings (SSSR count). The van der Waals surface area contributed by atoms with Gasteiger partial charge in [-0.05, 0) is 18.6 Å². The number of anilines is 1. The molecule has 0 spiro atoms. The van der Waals surface area contributed by atoms with Gasteiger partial charge in [-0.1, -0.05) is 18.2 Å². The van der Waals surface area contributed by atoms with E-state index in [4.69, 9.17) is 0 Å². The normalized spacial score (nSPS) is 17.5. The van der Waals surface area contributed by atoms with E-state index in [9.17, 15) is 9.59 Å². The van der Waals surface area contributed by atoms with Gasteiger partial charge in [0.25, 0.3) is 5.91 Å². The highest BCUT2D eigenvalue weighted by atomic mass is 16.2. The lowest BCUT2D eigenvalue weighted by atomic mass is 10.2. The van der Waals surface area contributed by atoms with E-state index in [1.165, 1.54) is 6.92 Å². The number of hydrogen-bond acceptors (Lipinski definition) is 3. The molecule has 1 fully saturated rings. The summed E-state index contributed by atoms with van der Waals surface area (Å²) in [5.41, 5.74) is 0.711. The van der Waals surface area contributed by atoms with Gasteiger partial charge in [-0.25, -0.2) is 0 Å². The van der Waals surface area contributed by atoms with Crippen molar-refractivity contribution in [2.75, 3.05) is 18.4 Å². The lowest BCUT2D eigenvalue weighted by Gasteiger charge is -2.16. The topological polar surface area (TPSA) is 67.2 Å². The first-order chi connectivity index (χ1) is 10.6. The first-order valence-electron chi connectivity index (χ1n) is 7.30. The van der Waals surface area contributed by atoms with E-state index in [-0.39, 0.29) is 17.9 Å². The molecule has 2 aromatic rings. The third kappa shape index (κ3) is 3.00. The number of carbonyl (C=O) groups excluding carboxylic acids is 2. The highest BCUT2D eigenvalue weighted by Crippen LogP contribution is 2.23. The van der Waals surface area contributed by atoms with Crippen LogP contribution in [0, 0.1) is 0 Å². The number of aromatic nitrogens is 2. The third-order valence-corrected chi connectivity index (χ3v) is 3.76. The smallest absolute Gasteiger partial charge is 0.253 e. The standard InChI is InChI=1S/C16H18N4O2/c1-12(21)17-15-8-10-20(18-15)14-7-9-19(11-14)16(22)13-5-3-2-4-6-13/h2-6,8,10,14H,7,9,11H2,1H3,(H,17,18,21)/t14-/m1/s1. The molecule has 114 valence electrons. The lowest BCUT2D eigenvalue weighted by Crippen LogP contribution is -2.29. The van der Waals surface area contributed by atoms with E-state index in [1.807, 2.05) is 46.1 Å². The summed E-state index contributed by atoms with van der Waals surface area (Å²) in [6, 6.07) is 11.2. The minimum absolute atomic E-state index is 0.0531. The first kappa shape index (κ1) is 14.3. The lowest BCUT2D eigenvalue weighted by molar-refractivity contribution is -0.114. The second-order valence-electron chi connectivity index (χ2n) is 5.42. The van der Waals surface area contributed by atoms with Crippen LogP contribution in [0.5, 0.6) is 0 Å². The molecule has 2 amide bonds. The molecular formula is C16H18N4O2. The maximum Gasteiger partial charge on any atom is 0.253 e. The van der Waals surface area contributed by atoms with Gasteiger partial charge >= 0.3 is 0 Å². The minimum Gasteiger partial charge on any atom is -0.336 e. The molecule has 6 heteroatoms. The van der Waals surface area contributed by atoms with E-state index in [0.717, 1.165) is 6.42 Å². The van der Waals surface area contributed by atoms with E-state index >= 15 is 0 Å². The molecule has 0 saturated carbocycles. The van der Waals surface area contributed by atoms with Gasteiger partial charge in [-0.2, -0.15) is 5.10 Å². The first-order valence-corrected chi connectivity index (χ1v) is 7.30. The summed E-state index contributed by atoms with van der Waals surface area (Å²) in [5, 5.41) is 7.00. The molecule has 1 aliphatic heterocycles. The van der Waals surface area contributed by atoms with Crippen molar-refractivity contribution >= 4 is 17.6 Å². The predicted octanol–water partition coefficient (Wildman–Crippen LogP) is 1.93. The van der Waals surface area contributed by atoms with E-state index < -0.39 is 0 Å². The van der Waals surface area contributed by atoms with Crippen LogP contribution in [-0.4, -0.2) is 39.6 Å². The van der Waals surface area contributed by atoms with Crippen molar-refractivity contribution in [1.29, 1.82) is 0 Å². The van der Waals surface area contributed by atoms with Crippen LogP contribution < -0.4 is 5.32 Å². The van der Waals surface area contributed by atoms with Crippen LogP contribution in [0.25, 0.3) is 0 Å². The molecule has 1 N–H and O–H groups in total. The summed E-state index contributed by atoms with van der Waals surface area (Å²) in [7, 11) is 0. The van der Waals surface area contributed by atoms with Gasteiger partial charge in [0, 0.05) is 37.8 Å². The number of likely N-dealkylation sites (tertiary alicyclic amines) is 1. The molecule has 0 aliphatic carbocycles. The molecule has 0 unspecified atom stereocenters. The van der Waals surface area contributed by atoms with Crippen molar-refractivity contribution in [3.8, 4) is 0 Å². The summed E-state index contributed by atoms with van der Waals surface area (Å²) in [4.78, 5) is 25.3. The fourth-order valence-electron chi connectivity index (χ4n) is 2.69. The quantitative estimate of drug-likeness (QED) is 0.941. The van der Waals surface area contributed by atoms with Crippen LogP contribution in [0.15, 0.2) is 42.6 Å². The van der Waals surface area contributed by atoms with Crippen molar-refractivity contribution in [3.05, 3.63) is 48.2 Å². The largest absolute Gasteiger partial charge is 0.336 e. The molecule has 1 aromatic carbocycles. The molecular weight excluding hydrogens is 280 g/mol. The maximum atomic E-state index is 12.4. The summed E-state index contributed by atoms with van der Waals surface area (Å²) in [6.45, 7) is 2.80. The number of amides is 2. The van der Waals surface area contributed by atoms with Crippen LogP contribution in [0.1, 0.15) is 29.7 Å². The number of rotatable bonds is 3. The van der Waals surface area contributed by atoms with Crippen molar-refractivity contribution < 1.29 is 9.59 Å². The third-order valence-electron chi connectivity index (χ3n) is 3.76. The highest BCUT2D eigenvalue weighted by molar-refractivity contribution is 5.94. The van der Waals surface area contributed by atoms with Crippen molar-refractivity contribution in [2.24, 2.45) is 0 Å². The Morgan fingerprint density at radius 2 is 2.00 bits per heavy atom. The van der Waals surface area contributed by atoms with E-state index in [0.29, 0.717) is 24.5 Å². The summed E-state index contributed by atoms with van der Waals surface area (Å²) in [6.07, 6.45) is 2.70. The number of carbonyl (C=O) groups is 2. The van der Waals surface area contributed by atoms with Crippen LogP contribution in [0.2, 0.25) is 0 Å². The van der Waals surface area contributed by atoms with E-state index in [1.54, 1.807) is 6.07 Å². The van der Waals surface area contributed by atoms with Crippen LogP contribution in [-0.2, 0) is 4.79 Å². The summed E-state index contributed by atoms with van der Waals surface area (Å²) < 4.78 is 1.82. The Labute approximate surface area is 128 Å². The van der Waals surface area contributed by atoms with Gasteiger partial charge in [0.15, 0.2) is 5.82 Å². The number of hydrogen-bond donors (Lipinski definition) is 1. The average Bonchev–Trinajstić information content (AvgIpc) is 3.15. The zero-order valence-electron chi connectivity index (χ0n) is 12.4. The van der Waals surface area contributed by atoms with Gasteiger partial charge in [0.05, 0.1) is 6.04 Å². The van der Waals surface area contributed by atoms with Gasteiger partial charge in [-0.15, -0.1) is 0 Å². The Balaban J connectivity index is 1.66. The monoisotopic (exact) mass is 298 g/mol. The Hall–Kier alpha value is -2.63. The molecule has 1 saturated heterocycles. The molecule has 1 atom stereocenters. The molecule has 22 heavy (non-hydrogen) atoms. The van der Waals surface area contributed by atoms with Crippen molar-refractivity contribution in [1.82, 2.24) is 14.7 Å². The molecule has 0 radical (unpaired) electrons. The number of nitrogens with one attached hydrogen (secondary N) is 1. The fourth-order valence-corrected chi connectivity index (χ4v) is 2.69. The summed E-state index contributed by atoms with van der Waals surface area (Å²) >= 11 is 0. The highest BCUT2D eigenvalue weighted by Gasteiger charge is 2.28. The maximum absolute atomic E-state index is 12.4. The summed E-state index contributed by atoms with van der Waals surface area (Å²) in [5.74, 6) is 0.454. The average molecular weight is 298 g/mol. The van der Waals surface area contributed by atoms with Gasteiger partial charge in [-0.3, -0.25) is 14.3 Å². The Morgan fingerprint density at radius 1 is 1.23 bits per heavy atom. The van der Waals surface area contributed by atoms with Crippen molar-refractivity contribution in [2.45, 2.75) is 19.4 Å². The second-order valence-corrected chi connectivity index (χ2v) is 5.42. The van der Waals surface area contributed by atoms with Crippen LogP contribution >= 0.6 is 0 Å². The molecule has 2 heterocycles. The SMILES string of the molecule is CC(=O)Nc1ccn([C@@H]2CCN(C(=O)c3ccccc3)C2)n1. The number of nitrogens with zero attached hydrogens (tertiary/aromatic N) is 3. The van der Waals surface area contributed by atoms with Crippen LogP contribution in [0.4, 0.5) is 5.82 Å². The Morgan fingerprint density at radius 3 is 2.73 bits per heavy atom. The minimum atomic E-state index is -0.141. The van der Waals surface area contributed by atoms with E-state index in [2.05, 4.69) is 10.4 Å². The van der Waals surface area contributed by atoms with Crippen LogP contribution in [0.3, 0.4) is 0 Å². The molecule has 1 aromatic heterocycles. The van der Waals surface area contributed by atoms with Gasteiger partial charge in [0.1, 0.15) is 0 Å². The Kier molecular flexibility index (Phi) is 3.91. The second kappa shape index (κ2) is 6.01. The zero-order chi connectivity index (χ0) is 15.5. The van der Waals surface area contributed by atoms with Crippen molar-refractivity contribution in [3.63, 3.8) is 0 Å². The molecule has 0 bridgehead atoms. The predicted molar refractivity (Wildman–Crippen MR) is 82.5 cm³/mol. The molecule has 6 nitrogen and oxygen atoms in total.